The molecule has 0 aliphatic carbocycles. The fourth-order valence-electron chi connectivity index (χ4n) is 2.30. The average molecular weight is 253 g/mol. The lowest BCUT2D eigenvalue weighted by atomic mass is 10.2. The van der Waals surface area contributed by atoms with Gasteiger partial charge in [0.25, 0.3) is 0 Å². The van der Waals surface area contributed by atoms with Crippen LogP contribution in [0.5, 0.6) is 0 Å². The Morgan fingerprint density at radius 1 is 1.21 bits per heavy atom. The predicted octanol–water partition coefficient (Wildman–Crippen LogP) is 2.31. The van der Waals surface area contributed by atoms with E-state index in [0.717, 1.165) is 24.3 Å². The van der Waals surface area contributed by atoms with Gasteiger partial charge in [-0.2, -0.15) is 0 Å². The van der Waals surface area contributed by atoms with Crippen molar-refractivity contribution >= 4 is 16.9 Å². The molecule has 0 unspecified atom stereocenters. The molecule has 3 aromatic rings. The van der Waals surface area contributed by atoms with E-state index < -0.39 is 0 Å². The Morgan fingerprint density at radius 2 is 2.05 bits per heavy atom. The summed E-state index contributed by atoms with van der Waals surface area (Å²) in [6, 6.07) is 12.3. The summed E-state index contributed by atoms with van der Waals surface area (Å²) < 4.78 is 4.02. The molecule has 4 heteroatoms. The van der Waals surface area contributed by atoms with Crippen molar-refractivity contribution in [2.24, 2.45) is 0 Å². The zero-order valence-electron chi connectivity index (χ0n) is 11.0. The summed E-state index contributed by atoms with van der Waals surface area (Å²) in [5.74, 6) is 1.41. The van der Waals surface area contributed by atoms with Crippen molar-refractivity contribution < 1.29 is 4.57 Å². The Labute approximate surface area is 112 Å². The molecule has 0 saturated carbocycles. The summed E-state index contributed by atoms with van der Waals surface area (Å²) in [6.45, 7) is 3.02. The second-order valence-corrected chi connectivity index (χ2v) is 4.58. The van der Waals surface area contributed by atoms with E-state index in [9.17, 15) is 0 Å². The van der Waals surface area contributed by atoms with Crippen molar-refractivity contribution in [3.63, 3.8) is 0 Å². The molecule has 96 valence electrons. The third kappa shape index (κ3) is 2.05. The molecule has 4 nitrogen and oxygen atoms in total. The van der Waals surface area contributed by atoms with Gasteiger partial charge in [-0.3, -0.25) is 10.3 Å². The van der Waals surface area contributed by atoms with Crippen LogP contribution in [0.15, 0.2) is 48.8 Å². The first-order valence-corrected chi connectivity index (χ1v) is 6.52. The van der Waals surface area contributed by atoms with Gasteiger partial charge in [-0.15, -0.1) is 0 Å². The first-order valence-electron chi connectivity index (χ1n) is 6.52. The number of aryl methyl sites for hydroxylation is 1. The van der Waals surface area contributed by atoms with Gasteiger partial charge < -0.3 is 0 Å². The van der Waals surface area contributed by atoms with Crippen LogP contribution in [0, 0.1) is 0 Å². The molecule has 0 amide bonds. The Bertz CT molecular complexity index is 715. The minimum atomic E-state index is 0.553. The van der Waals surface area contributed by atoms with Crippen molar-refractivity contribution in [3.05, 3.63) is 48.8 Å². The van der Waals surface area contributed by atoms with Gasteiger partial charge in [-0.25, -0.2) is 4.57 Å². The molecule has 0 radical (unpaired) electrons. The van der Waals surface area contributed by atoms with E-state index in [4.69, 9.17) is 5.73 Å². The molecule has 3 rings (SSSR count). The SMILES string of the molecule is CCC[n+]1ccc(-n2ccc3ccccc32)nc1N. The van der Waals surface area contributed by atoms with E-state index in [2.05, 4.69) is 34.7 Å². The van der Waals surface area contributed by atoms with Crippen LogP contribution in [0.3, 0.4) is 0 Å². The highest BCUT2D eigenvalue weighted by Crippen LogP contribution is 2.18. The highest BCUT2D eigenvalue weighted by Gasteiger charge is 2.11. The molecule has 1 aromatic carbocycles. The van der Waals surface area contributed by atoms with Crippen LogP contribution in [-0.4, -0.2) is 9.55 Å². The molecule has 2 heterocycles. The number of nitrogens with zero attached hydrogens (tertiary/aromatic N) is 3. The number of para-hydroxylation sites is 1. The summed E-state index contributed by atoms with van der Waals surface area (Å²) in [6.07, 6.45) is 5.06. The monoisotopic (exact) mass is 253 g/mol. The maximum atomic E-state index is 6.00. The third-order valence-electron chi connectivity index (χ3n) is 3.24. The van der Waals surface area contributed by atoms with Crippen molar-refractivity contribution in [2.45, 2.75) is 19.9 Å². The Kier molecular flexibility index (Phi) is 2.91. The summed E-state index contributed by atoms with van der Waals surface area (Å²) in [5.41, 5.74) is 7.14. The molecule has 0 saturated heterocycles. The number of nitrogens with two attached hydrogens (primary N) is 1. The molecular weight excluding hydrogens is 236 g/mol. The standard InChI is InChI=1S/C15H16N4/c1-2-9-18-10-8-14(17-15(18)16)19-11-7-12-5-3-4-6-13(12)19/h3-8,10-11,16H,2,9H2,1H3/p+1. The molecule has 19 heavy (non-hydrogen) atoms. The fourth-order valence-corrected chi connectivity index (χ4v) is 2.30. The van der Waals surface area contributed by atoms with E-state index >= 15 is 0 Å². The van der Waals surface area contributed by atoms with Crippen LogP contribution in [-0.2, 0) is 6.54 Å². The van der Waals surface area contributed by atoms with E-state index in [0.29, 0.717) is 5.95 Å². The molecule has 0 bridgehead atoms. The van der Waals surface area contributed by atoms with Crippen molar-refractivity contribution in [1.82, 2.24) is 9.55 Å². The molecule has 0 fully saturated rings. The quantitative estimate of drug-likeness (QED) is 0.728. The number of fused-ring (bicyclic) bond motifs is 1. The van der Waals surface area contributed by atoms with Gasteiger partial charge in [0.2, 0.25) is 5.82 Å². The summed E-state index contributed by atoms with van der Waals surface area (Å²) in [4.78, 5) is 4.49. The number of benzene rings is 1. The van der Waals surface area contributed by atoms with E-state index in [-0.39, 0.29) is 0 Å². The summed E-state index contributed by atoms with van der Waals surface area (Å²) in [5, 5.41) is 1.20. The number of nitrogen functional groups attached to an aromatic ring is 1. The Balaban J connectivity index is 2.09. The smallest absolute Gasteiger partial charge is 0.287 e. The Morgan fingerprint density at radius 3 is 2.84 bits per heavy atom. The van der Waals surface area contributed by atoms with Gasteiger partial charge in [-0.1, -0.05) is 30.1 Å². The van der Waals surface area contributed by atoms with Crippen LogP contribution in [0.1, 0.15) is 13.3 Å². The van der Waals surface area contributed by atoms with Crippen molar-refractivity contribution in [2.75, 3.05) is 5.73 Å². The topological polar surface area (TPSA) is 47.7 Å². The maximum absolute atomic E-state index is 6.00. The molecule has 2 aromatic heterocycles. The van der Waals surface area contributed by atoms with Crippen molar-refractivity contribution in [1.29, 1.82) is 0 Å². The van der Waals surface area contributed by atoms with Gasteiger partial charge in [0.1, 0.15) is 0 Å². The van der Waals surface area contributed by atoms with Crippen LogP contribution < -0.4 is 10.3 Å². The van der Waals surface area contributed by atoms with E-state index in [1.807, 2.05) is 35.2 Å². The zero-order valence-corrected chi connectivity index (χ0v) is 11.0. The third-order valence-corrected chi connectivity index (χ3v) is 3.24. The molecule has 0 atom stereocenters. The number of hydrogen-bond acceptors (Lipinski definition) is 2. The average Bonchev–Trinajstić information content (AvgIpc) is 2.85. The number of rotatable bonds is 3. The number of hydrogen-bond donors (Lipinski definition) is 1. The highest BCUT2D eigenvalue weighted by atomic mass is 15.2. The zero-order chi connectivity index (χ0) is 13.2. The van der Waals surface area contributed by atoms with E-state index in [1.165, 1.54) is 5.39 Å². The molecule has 0 aliphatic rings. The highest BCUT2D eigenvalue weighted by molar-refractivity contribution is 5.81. The number of anilines is 1. The minimum absolute atomic E-state index is 0.553. The van der Waals surface area contributed by atoms with Crippen LogP contribution in [0.25, 0.3) is 16.7 Å². The van der Waals surface area contributed by atoms with Gasteiger partial charge in [0, 0.05) is 17.6 Å². The molecular formula is C15H17N4+. The summed E-state index contributed by atoms with van der Waals surface area (Å²) >= 11 is 0. The van der Waals surface area contributed by atoms with Crippen LogP contribution in [0.4, 0.5) is 5.95 Å². The Hall–Kier alpha value is -2.36. The van der Waals surface area contributed by atoms with Gasteiger partial charge >= 0.3 is 5.95 Å². The van der Waals surface area contributed by atoms with Gasteiger partial charge in [0.15, 0.2) is 0 Å². The normalized spacial score (nSPS) is 11.0. The number of aromatic nitrogens is 3. The second-order valence-electron chi connectivity index (χ2n) is 4.58. The molecule has 2 N–H and O–H groups in total. The van der Waals surface area contributed by atoms with Gasteiger partial charge in [0.05, 0.1) is 18.3 Å². The van der Waals surface area contributed by atoms with Gasteiger partial charge in [-0.05, 0) is 18.6 Å². The lowest BCUT2D eigenvalue weighted by molar-refractivity contribution is -0.685. The predicted molar refractivity (Wildman–Crippen MR) is 76.0 cm³/mol. The van der Waals surface area contributed by atoms with Crippen LogP contribution >= 0.6 is 0 Å². The minimum Gasteiger partial charge on any atom is -0.287 e. The fraction of sp³-hybridized carbons (Fsp3) is 0.200. The first kappa shape index (κ1) is 11.7. The lowest BCUT2D eigenvalue weighted by Gasteiger charge is -2.04. The van der Waals surface area contributed by atoms with Crippen LogP contribution in [0.2, 0.25) is 0 Å². The summed E-state index contributed by atoms with van der Waals surface area (Å²) in [7, 11) is 0. The molecule has 0 spiro atoms. The van der Waals surface area contributed by atoms with Crippen molar-refractivity contribution in [3.8, 4) is 5.82 Å². The molecule has 0 aliphatic heterocycles. The van der Waals surface area contributed by atoms with E-state index in [1.54, 1.807) is 0 Å². The lowest BCUT2D eigenvalue weighted by Crippen LogP contribution is -2.37. The largest absolute Gasteiger partial charge is 0.391 e. The first-order chi connectivity index (χ1) is 9.29. The second kappa shape index (κ2) is 4.72. The maximum Gasteiger partial charge on any atom is 0.391 e.